The molecule has 9 heteroatoms. The third-order valence-electron chi connectivity index (χ3n) is 7.05. The molecule has 2 fully saturated rings. The van der Waals surface area contributed by atoms with Gasteiger partial charge in [0.25, 0.3) is 5.91 Å². The summed E-state index contributed by atoms with van der Waals surface area (Å²) >= 11 is 0. The second-order valence-electron chi connectivity index (χ2n) is 9.94. The van der Waals surface area contributed by atoms with Gasteiger partial charge in [-0.15, -0.1) is 12.4 Å². The average molecular weight is 526 g/mol. The smallest absolute Gasteiger partial charge is 0.274 e. The third-order valence-corrected chi connectivity index (χ3v) is 7.05. The molecule has 1 N–H and O–H groups in total. The van der Waals surface area contributed by atoms with E-state index in [9.17, 15) is 9.18 Å². The van der Waals surface area contributed by atoms with Crippen molar-refractivity contribution in [2.45, 2.75) is 77.1 Å². The first-order valence-electron chi connectivity index (χ1n) is 13.1. The number of amides is 1. The number of carbonyl (C=O) groups is 1. The number of unbranched alkanes of at least 4 members (excludes halogenated alkanes) is 1. The van der Waals surface area contributed by atoms with Gasteiger partial charge in [-0.1, -0.05) is 0 Å². The molecular formula is C27H41ClFN3O4. The Bertz CT molecular complexity index is 987. The summed E-state index contributed by atoms with van der Waals surface area (Å²) in [7, 11) is 1.69. The van der Waals surface area contributed by atoms with E-state index in [4.69, 9.17) is 14.2 Å². The zero-order valence-corrected chi connectivity index (χ0v) is 22.6. The fourth-order valence-corrected chi connectivity index (χ4v) is 5.37. The van der Waals surface area contributed by atoms with E-state index < -0.39 is 0 Å². The first-order chi connectivity index (χ1) is 17.0. The van der Waals surface area contributed by atoms with Crippen LogP contribution in [-0.2, 0) is 16.0 Å². The molecular weight excluding hydrogens is 485 g/mol. The molecule has 2 atom stereocenters. The fourth-order valence-electron chi connectivity index (χ4n) is 5.37. The van der Waals surface area contributed by atoms with Crippen LogP contribution in [0, 0.1) is 5.82 Å². The van der Waals surface area contributed by atoms with Gasteiger partial charge in [-0.3, -0.25) is 4.79 Å². The lowest BCUT2D eigenvalue weighted by Gasteiger charge is -2.38. The number of aryl methyl sites for hydroxylation is 1. The predicted octanol–water partition coefficient (Wildman–Crippen LogP) is 4.79. The van der Waals surface area contributed by atoms with Crippen molar-refractivity contribution in [3.63, 3.8) is 0 Å². The Morgan fingerprint density at radius 1 is 1.28 bits per heavy atom. The Morgan fingerprint density at radius 3 is 2.78 bits per heavy atom. The standard InChI is InChI=1S/C27H40FN3O4.ClH/c1-19(2)31(21-8-6-12-29-17-21)27(32)25-26(35-18-22-9-7-15-34-22)23-16-20(28)10-11-24(23)30(25)13-4-5-14-33-3;/h10-11,16,19,21-22,29H,4-9,12-15,17-18H2,1-3H3;1H/t21-,22?;/m1./s1. The van der Waals surface area contributed by atoms with Crippen LogP contribution in [0.3, 0.4) is 0 Å². The minimum Gasteiger partial charge on any atom is -0.488 e. The van der Waals surface area contributed by atoms with E-state index in [0.717, 1.165) is 63.7 Å². The molecule has 0 spiro atoms. The van der Waals surface area contributed by atoms with Crippen LogP contribution >= 0.6 is 12.4 Å². The number of piperidine rings is 1. The Morgan fingerprint density at radius 2 is 2.11 bits per heavy atom. The van der Waals surface area contributed by atoms with Crippen molar-refractivity contribution in [1.82, 2.24) is 14.8 Å². The van der Waals surface area contributed by atoms with E-state index >= 15 is 0 Å². The monoisotopic (exact) mass is 525 g/mol. The molecule has 0 saturated carbocycles. The molecule has 0 radical (unpaired) electrons. The van der Waals surface area contributed by atoms with E-state index in [1.54, 1.807) is 13.2 Å². The minimum absolute atomic E-state index is 0. The number of fused-ring (bicyclic) bond motifs is 1. The molecule has 2 aromatic rings. The Hall–Kier alpha value is -1.87. The Labute approximate surface area is 220 Å². The normalized spacial score (nSPS) is 20.0. The third kappa shape index (κ3) is 6.52. The number of halogens is 2. The molecule has 7 nitrogen and oxygen atoms in total. The molecule has 202 valence electrons. The molecule has 2 saturated heterocycles. The summed E-state index contributed by atoms with van der Waals surface area (Å²) in [5.74, 6) is 0.0766. The maximum Gasteiger partial charge on any atom is 0.274 e. The quantitative estimate of drug-likeness (QED) is 0.427. The van der Waals surface area contributed by atoms with Crippen LogP contribution in [0.1, 0.15) is 62.9 Å². The van der Waals surface area contributed by atoms with E-state index in [-0.39, 0.29) is 42.3 Å². The van der Waals surface area contributed by atoms with Gasteiger partial charge >= 0.3 is 0 Å². The summed E-state index contributed by atoms with van der Waals surface area (Å²) in [4.78, 5) is 16.3. The highest BCUT2D eigenvalue weighted by atomic mass is 35.5. The van der Waals surface area contributed by atoms with Crippen LogP contribution in [0.25, 0.3) is 10.9 Å². The van der Waals surface area contributed by atoms with Crippen LogP contribution < -0.4 is 10.1 Å². The number of nitrogens with zero attached hydrogens (tertiary/aromatic N) is 2. The highest BCUT2D eigenvalue weighted by Crippen LogP contribution is 2.37. The number of hydrogen-bond donors (Lipinski definition) is 1. The van der Waals surface area contributed by atoms with Crippen LogP contribution in [0.15, 0.2) is 18.2 Å². The van der Waals surface area contributed by atoms with Crippen molar-refractivity contribution in [2.75, 3.05) is 40.0 Å². The van der Waals surface area contributed by atoms with Crippen LogP contribution in [-0.4, -0.2) is 73.6 Å². The number of nitrogens with one attached hydrogen (secondary N) is 1. The van der Waals surface area contributed by atoms with Gasteiger partial charge in [-0.25, -0.2) is 4.39 Å². The fraction of sp³-hybridized carbons (Fsp3) is 0.667. The number of hydrogen-bond acceptors (Lipinski definition) is 5. The number of aromatic nitrogens is 1. The maximum absolute atomic E-state index is 14.4. The van der Waals surface area contributed by atoms with Crippen molar-refractivity contribution in [3.8, 4) is 5.75 Å². The van der Waals surface area contributed by atoms with Crippen molar-refractivity contribution in [1.29, 1.82) is 0 Å². The number of methoxy groups -OCH3 is 1. The van der Waals surface area contributed by atoms with Gasteiger partial charge in [0.1, 0.15) is 12.4 Å². The SMILES string of the molecule is COCCCCn1c(C(=O)N(C(C)C)[C@@H]2CCCNC2)c(OCC2CCCO2)c2cc(F)ccc21.Cl. The number of ether oxygens (including phenoxy) is 3. The van der Waals surface area contributed by atoms with Crippen LogP contribution in [0.5, 0.6) is 5.75 Å². The van der Waals surface area contributed by atoms with Gasteiger partial charge in [-0.2, -0.15) is 0 Å². The molecule has 1 unspecified atom stereocenters. The lowest BCUT2D eigenvalue weighted by atomic mass is 10.0. The largest absolute Gasteiger partial charge is 0.488 e. The Kier molecular flexibility index (Phi) is 10.8. The van der Waals surface area contributed by atoms with Crippen LogP contribution in [0.2, 0.25) is 0 Å². The predicted molar refractivity (Wildman–Crippen MR) is 142 cm³/mol. The lowest BCUT2D eigenvalue weighted by Crippen LogP contribution is -2.52. The first kappa shape index (κ1) is 28.7. The number of benzene rings is 1. The summed E-state index contributed by atoms with van der Waals surface area (Å²) in [5.41, 5.74) is 1.33. The molecule has 36 heavy (non-hydrogen) atoms. The minimum atomic E-state index is -0.341. The molecule has 0 aliphatic carbocycles. The Balaban J connectivity index is 0.00000361. The number of rotatable bonds is 11. The van der Waals surface area contributed by atoms with Gasteiger partial charge in [-0.05, 0) is 77.1 Å². The molecule has 2 aliphatic heterocycles. The highest BCUT2D eigenvalue weighted by Gasteiger charge is 2.34. The second-order valence-corrected chi connectivity index (χ2v) is 9.94. The van der Waals surface area contributed by atoms with Crippen molar-refractivity contribution in [3.05, 3.63) is 29.7 Å². The van der Waals surface area contributed by atoms with Gasteiger partial charge < -0.3 is 29.0 Å². The zero-order valence-electron chi connectivity index (χ0n) is 21.8. The van der Waals surface area contributed by atoms with Crippen molar-refractivity contribution < 1.29 is 23.4 Å². The van der Waals surface area contributed by atoms with Gasteiger partial charge in [0.2, 0.25) is 0 Å². The number of carbonyl (C=O) groups excluding carboxylic acids is 1. The van der Waals surface area contributed by atoms with Crippen LogP contribution in [0.4, 0.5) is 4.39 Å². The van der Waals surface area contributed by atoms with Crippen molar-refractivity contribution >= 4 is 29.2 Å². The first-order valence-corrected chi connectivity index (χ1v) is 13.1. The maximum atomic E-state index is 14.4. The van der Waals surface area contributed by atoms with E-state index in [1.165, 1.54) is 12.1 Å². The van der Waals surface area contributed by atoms with Gasteiger partial charge in [0.05, 0.1) is 11.6 Å². The zero-order chi connectivity index (χ0) is 24.8. The summed E-state index contributed by atoms with van der Waals surface area (Å²) in [6, 6.07) is 4.84. The van der Waals surface area contributed by atoms with E-state index in [2.05, 4.69) is 19.2 Å². The lowest BCUT2D eigenvalue weighted by molar-refractivity contribution is 0.0537. The molecule has 2 aliphatic rings. The van der Waals surface area contributed by atoms with E-state index in [1.807, 2.05) is 9.47 Å². The molecule has 1 aromatic heterocycles. The van der Waals surface area contributed by atoms with E-state index in [0.29, 0.717) is 36.6 Å². The summed E-state index contributed by atoms with van der Waals surface area (Å²) < 4.78 is 33.8. The van der Waals surface area contributed by atoms with Gasteiger partial charge in [0, 0.05) is 50.9 Å². The highest BCUT2D eigenvalue weighted by molar-refractivity contribution is 6.04. The average Bonchev–Trinajstić information content (AvgIpc) is 3.47. The summed E-state index contributed by atoms with van der Waals surface area (Å²) in [5, 5.41) is 4.08. The molecule has 4 rings (SSSR count). The van der Waals surface area contributed by atoms with Crippen molar-refractivity contribution in [2.24, 2.45) is 0 Å². The molecule has 1 aromatic carbocycles. The molecule has 1 amide bonds. The topological polar surface area (TPSA) is 65.0 Å². The molecule has 3 heterocycles. The second kappa shape index (κ2) is 13.6. The molecule has 0 bridgehead atoms. The summed E-state index contributed by atoms with van der Waals surface area (Å²) in [6.45, 7) is 8.24. The van der Waals surface area contributed by atoms with Gasteiger partial charge in [0.15, 0.2) is 11.4 Å². The summed E-state index contributed by atoms with van der Waals surface area (Å²) in [6.07, 6.45) is 5.64.